The number of nitro benzene ring substituents is 1. The van der Waals surface area contributed by atoms with Crippen molar-refractivity contribution in [1.29, 1.82) is 0 Å². The van der Waals surface area contributed by atoms with Crippen LogP contribution in [0, 0.1) is 17.0 Å². The Bertz CT molecular complexity index is 832. The number of ether oxygens (including phenoxy) is 2. The Labute approximate surface area is 149 Å². The highest BCUT2D eigenvalue weighted by Crippen LogP contribution is 2.23. The molecular formula is C18H18N2O6. The number of nitrogens with one attached hydrogen (secondary N) is 1. The van der Waals surface area contributed by atoms with Gasteiger partial charge in [0.1, 0.15) is 11.3 Å². The zero-order valence-corrected chi connectivity index (χ0v) is 14.5. The van der Waals surface area contributed by atoms with Crippen LogP contribution < -0.4 is 10.1 Å². The van der Waals surface area contributed by atoms with Crippen molar-refractivity contribution in [1.82, 2.24) is 0 Å². The predicted octanol–water partition coefficient (Wildman–Crippen LogP) is 3.10. The molecule has 0 aliphatic heterocycles. The van der Waals surface area contributed by atoms with Crippen LogP contribution in [-0.4, -0.2) is 30.0 Å². The number of aryl methyl sites for hydroxylation is 1. The highest BCUT2D eigenvalue weighted by Gasteiger charge is 2.27. The maximum Gasteiger partial charge on any atom is 0.346 e. The SMILES string of the molecule is COc1ccc(NC(=O)C(C)OC(=O)c2c(C)cccc2[N+](=O)[O-])cc1. The van der Waals surface area contributed by atoms with Crippen LogP contribution in [0.1, 0.15) is 22.8 Å². The van der Waals surface area contributed by atoms with Crippen LogP contribution in [0.3, 0.4) is 0 Å². The second-order valence-corrected chi connectivity index (χ2v) is 5.49. The quantitative estimate of drug-likeness (QED) is 0.483. The van der Waals surface area contributed by atoms with E-state index in [4.69, 9.17) is 9.47 Å². The number of methoxy groups -OCH3 is 1. The number of rotatable bonds is 6. The molecule has 1 N–H and O–H groups in total. The van der Waals surface area contributed by atoms with Gasteiger partial charge < -0.3 is 14.8 Å². The number of carbonyl (C=O) groups excluding carboxylic acids is 2. The molecule has 2 aromatic rings. The van der Waals surface area contributed by atoms with Gasteiger partial charge in [0.2, 0.25) is 0 Å². The summed E-state index contributed by atoms with van der Waals surface area (Å²) < 4.78 is 10.1. The van der Waals surface area contributed by atoms with E-state index in [0.29, 0.717) is 17.0 Å². The van der Waals surface area contributed by atoms with Crippen molar-refractivity contribution in [2.45, 2.75) is 20.0 Å². The van der Waals surface area contributed by atoms with E-state index in [-0.39, 0.29) is 11.3 Å². The van der Waals surface area contributed by atoms with Crippen LogP contribution in [0.5, 0.6) is 5.75 Å². The Balaban J connectivity index is 2.09. The summed E-state index contributed by atoms with van der Waals surface area (Å²) in [6.45, 7) is 2.95. The molecule has 0 radical (unpaired) electrons. The summed E-state index contributed by atoms with van der Waals surface area (Å²) in [7, 11) is 1.53. The molecule has 0 aliphatic carbocycles. The normalized spacial score (nSPS) is 11.3. The standard InChI is InChI=1S/C18H18N2O6/c1-11-5-4-6-15(20(23)24)16(11)18(22)26-12(2)17(21)19-13-7-9-14(25-3)10-8-13/h4-10,12H,1-3H3,(H,19,21). The zero-order valence-electron chi connectivity index (χ0n) is 14.5. The summed E-state index contributed by atoms with van der Waals surface area (Å²) in [5, 5.41) is 13.7. The molecule has 0 heterocycles. The summed E-state index contributed by atoms with van der Waals surface area (Å²) in [6, 6.07) is 10.9. The molecule has 1 atom stereocenters. The molecule has 0 saturated carbocycles. The van der Waals surface area contributed by atoms with Gasteiger partial charge in [0.05, 0.1) is 12.0 Å². The van der Waals surface area contributed by atoms with Crippen LogP contribution in [0.15, 0.2) is 42.5 Å². The number of amides is 1. The monoisotopic (exact) mass is 358 g/mol. The van der Waals surface area contributed by atoms with Crippen LogP contribution in [0.2, 0.25) is 0 Å². The summed E-state index contributed by atoms with van der Waals surface area (Å²) in [5.74, 6) is -0.846. The number of hydrogen-bond acceptors (Lipinski definition) is 6. The minimum Gasteiger partial charge on any atom is -0.497 e. The first-order valence-electron chi connectivity index (χ1n) is 7.73. The summed E-state index contributed by atoms with van der Waals surface area (Å²) in [6.07, 6.45) is -1.14. The van der Waals surface area contributed by atoms with Crippen molar-refractivity contribution in [3.63, 3.8) is 0 Å². The Kier molecular flexibility index (Phi) is 5.90. The fraction of sp³-hybridized carbons (Fsp3) is 0.222. The smallest absolute Gasteiger partial charge is 0.346 e. The van der Waals surface area contributed by atoms with Gasteiger partial charge >= 0.3 is 5.97 Å². The molecule has 8 nitrogen and oxygen atoms in total. The molecular weight excluding hydrogens is 340 g/mol. The third-order valence-corrected chi connectivity index (χ3v) is 3.66. The second-order valence-electron chi connectivity index (χ2n) is 5.49. The number of hydrogen-bond donors (Lipinski definition) is 1. The van der Waals surface area contributed by atoms with E-state index >= 15 is 0 Å². The number of nitrogens with zero attached hydrogens (tertiary/aromatic N) is 1. The molecule has 0 saturated heterocycles. The first-order chi connectivity index (χ1) is 12.3. The topological polar surface area (TPSA) is 108 Å². The fourth-order valence-corrected chi connectivity index (χ4v) is 2.26. The molecule has 2 rings (SSSR count). The van der Waals surface area contributed by atoms with Crippen molar-refractivity contribution in [2.75, 3.05) is 12.4 Å². The second kappa shape index (κ2) is 8.11. The zero-order chi connectivity index (χ0) is 19.3. The maximum absolute atomic E-state index is 12.3. The average Bonchev–Trinajstić information content (AvgIpc) is 2.61. The van der Waals surface area contributed by atoms with Crippen molar-refractivity contribution < 1.29 is 24.0 Å². The van der Waals surface area contributed by atoms with E-state index in [1.54, 1.807) is 37.3 Å². The van der Waals surface area contributed by atoms with Gasteiger partial charge in [0, 0.05) is 11.8 Å². The van der Waals surface area contributed by atoms with E-state index in [2.05, 4.69) is 5.32 Å². The van der Waals surface area contributed by atoms with Crippen molar-refractivity contribution in [2.24, 2.45) is 0 Å². The largest absolute Gasteiger partial charge is 0.497 e. The molecule has 0 aromatic heterocycles. The van der Waals surface area contributed by atoms with Crippen LogP contribution >= 0.6 is 0 Å². The lowest BCUT2D eigenvalue weighted by molar-refractivity contribution is -0.385. The molecule has 26 heavy (non-hydrogen) atoms. The number of anilines is 1. The first-order valence-corrected chi connectivity index (χ1v) is 7.73. The molecule has 2 aromatic carbocycles. The Morgan fingerprint density at radius 3 is 2.38 bits per heavy atom. The molecule has 0 spiro atoms. The summed E-state index contributed by atoms with van der Waals surface area (Å²) in [5.41, 5.74) is 0.367. The van der Waals surface area contributed by atoms with E-state index < -0.39 is 22.9 Å². The van der Waals surface area contributed by atoms with E-state index in [1.807, 2.05) is 0 Å². The fourth-order valence-electron chi connectivity index (χ4n) is 2.26. The van der Waals surface area contributed by atoms with Crippen molar-refractivity contribution in [3.05, 3.63) is 63.7 Å². The Morgan fingerprint density at radius 1 is 1.15 bits per heavy atom. The van der Waals surface area contributed by atoms with Gasteiger partial charge in [-0.05, 0) is 43.7 Å². The van der Waals surface area contributed by atoms with Crippen LogP contribution in [0.25, 0.3) is 0 Å². The Morgan fingerprint density at radius 2 is 1.81 bits per heavy atom. The van der Waals surface area contributed by atoms with Gasteiger partial charge in [-0.3, -0.25) is 14.9 Å². The highest BCUT2D eigenvalue weighted by molar-refractivity contribution is 5.99. The van der Waals surface area contributed by atoms with Gasteiger partial charge in [0.15, 0.2) is 6.10 Å². The van der Waals surface area contributed by atoms with E-state index in [9.17, 15) is 19.7 Å². The highest BCUT2D eigenvalue weighted by atomic mass is 16.6. The lowest BCUT2D eigenvalue weighted by Crippen LogP contribution is -2.30. The average molecular weight is 358 g/mol. The minimum atomic E-state index is -1.14. The maximum atomic E-state index is 12.3. The Hall–Kier alpha value is -3.42. The molecule has 0 fully saturated rings. The van der Waals surface area contributed by atoms with Crippen molar-refractivity contribution >= 4 is 23.3 Å². The third-order valence-electron chi connectivity index (χ3n) is 3.66. The van der Waals surface area contributed by atoms with Gasteiger partial charge in [-0.15, -0.1) is 0 Å². The number of benzene rings is 2. The molecule has 0 bridgehead atoms. The van der Waals surface area contributed by atoms with Gasteiger partial charge in [0.25, 0.3) is 11.6 Å². The van der Waals surface area contributed by atoms with Crippen molar-refractivity contribution in [3.8, 4) is 5.75 Å². The number of nitro groups is 1. The first kappa shape index (κ1) is 18.9. The molecule has 1 unspecified atom stereocenters. The molecule has 0 aliphatic rings. The summed E-state index contributed by atoms with van der Waals surface area (Å²) in [4.78, 5) is 34.9. The number of carbonyl (C=O) groups is 2. The minimum absolute atomic E-state index is 0.165. The van der Waals surface area contributed by atoms with Crippen LogP contribution in [-0.2, 0) is 9.53 Å². The van der Waals surface area contributed by atoms with Gasteiger partial charge in [-0.25, -0.2) is 4.79 Å². The van der Waals surface area contributed by atoms with Crippen LogP contribution in [0.4, 0.5) is 11.4 Å². The molecule has 1 amide bonds. The summed E-state index contributed by atoms with van der Waals surface area (Å²) >= 11 is 0. The molecule has 8 heteroatoms. The van der Waals surface area contributed by atoms with E-state index in [0.717, 1.165) is 0 Å². The third kappa shape index (κ3) is 4.35. The molecule has 136 valence electrons. The lowest BCUT2D eigenvalue weighted by Gasteiger charge is -2.14. The van der Waals surface area contributed by atoms with E-state index in [1.165, 1.54) is 26.2 Å². The predicted molar refractivity (Wildman–Crippen MR) is 94.3 cm³/mol. The number of esters is 1. The van der Waals surface area contributed by atoms with Gasteiger partial charge in [-0.1, -0.05) is 12.1 Å². The van der Waals surface area contributed by atoms with Gasteiger partial charge in [-0.2, -0.15) is 0 Å². The lowest BCUT2D eigenvalue weighted by atomic mass is 10.1.